The highest BCUT2D eigenvalue weighted by Gasteiger charge is 2.72. The van der Waals surface area contributed by atoms with E-state index >= 15 is 4.39 Å². The van der Waals surface area contributed by atoms with Crippen LogP contribution >= 0.6 is 23.2 Å². The fraction of sp³-hybridized carbons (Fsp3) is 0.417. The van der Waals surface area contributed by atoms with Gasteiger partial charge in [-0.1, -0.05) is 92.6 Å². The van der Waals surface area contributed by atoms with E-state index in [0.29, 0.717) is 126 Å². The molecule has 2 unspecified atom stereocenters. The van der Waals surface area contributed by atoms with Crippen LogP contribution in [-0.2, 0) is 61.7 Å². The number of fused-ring (bicyclic) bond motifs is 5. The number of halogens is 3. The minimum absolute atomic E-state index is 0.121. The van der Waals surface area contributed by atoms with Gasteiger partial charge in [0.25, 0.3) is 17.7 Å². The lowest BCUT2D eigenvalue weighted by molar-refractivity contribution is -0.138. The molecule has 1 aliphatic carbocycles. The molecule has 99 heavy (non-hydrogen) atoms. The van der Waals surface area contributed by atoms with Crippen LogP contribution in [-0.4, -0.2) is 123 Å². The molecule has 5 aromatic carbocycles. The van der Waals surface area contributed by atoms with Gasteiger partial charge in [0.05, 0.1) is 11.1 Å². The molecule has 24 nitrogen and oxygen atoms in total. The molecule has 5 aromatic rings. The van der Waals surface area contributed by atoms with Gasteiger partial charge in [-0.05, 0) is 142 Å². The van der Waals surface area contributed by atoms with Crippen molar-refractivity contribution in [1.29, 1.82) is 0 Å². The number of amides is 11. The van der Waals surface area contributed by atoms with Crippen LogP contribution in [0.25, 0.3) is 0 Å². The van der Waals surface area contributed by atoms with Gasteiger partial charge in [0.15, 0.2) is 0 Å². The molecule has 7 aliphatic rings. The monoisotopic (exact) mass is 1400 g/mol. The van der Waals surface area contributed by atoms with Crippen molar-refractivity contribution < 1.29 is 67.0 Å². The van der Waals surface area contributed by atoms with Gasteiger partial charge >= 0.3 is 5.97 Å². The van der Waals surface area contributed by atoms with E-state index in [1.807, 2.05) is 0 Å². The molecule has 0 bridgehead atoms. The number of nitrogens with one attached hydrogen (secondary N) is 8. The van der Waals surface area contributed by atoms with Crippen molar-refractivity contribution in [3.63, 3.8) is 0 Å². The number of carbonyl (C=O) groups excluding carboxylic acids is 11. The summed E-state index contributed by atoms with van der Waals surface area (Å²) in [7, 11) is 0. The predicted octanol–water partition coefficient (Wildman–Crippen LogP) is 8.89. The maximum Gasteiger partial charge on any atom is 0.303 e. The van der Waals surface area contributed by atoms with Gasteiger partial charge in [0.2, 0.25) is 47.3 Å². The fourth-order valence-corrected chi connectivity index (χ4v) is 15.0. The maximum absolute atomic E-state index is 16.2. The third-order valence-corrected chi connectivity index (χ3v) is 19.9. The van der Waals surface area contributed by atoms with Crippen LogP contribution < -0.4 is 48.3 Å². The van der Waals surface area contributed by atoms with Gasteiger partial charge < -0.3 is 47.2 Å². The molecule has 5 atom stereocenters. The summed E-state index contributed by atoms with van der Waals surface area (Å²) < 4.78 is 16.2. The number of anilines is 4. The third kappa shape index (κ3) is 15.7. The van der Waals surface area contributed by atoms with E-state index in [1.54, 1.807) is 91.0 Å². The quantitative estimate of drug-likeness (QED) is 0.0242. The highest BCUT2D eigenvalue weighted by Crippen LogP contribution is 2.63. The van der Waals surface area contributed by atoms with Crippen LogP contribution in [0.2, 0.25) is 10.0 Å². The number of carboxylic acids is 1. The number of hydrogen-bond acceptors (Lipinski definition) is 14. The van der Waals surface area contributed by atoms with E-state index in [1.165, 1.54) is 15.9 Å². The minimum Gasteiger partial charge on any atom is -0.481 e. The van der Waals surface area contributed by atoms with Gasteiger partial charge in [-0.2, -0.15) is 0 Å². The number of imide groups is 2. The van der Waals surface area contributed by atoms with E-state index in [9.17, 15) is 57.5 Å². The van der Waals surface area contributed by atoms with E-state index in [-0.39, 0.29) is 96.6 Å². The number of benzene rings is 5. The van der Waals surface area contributed by atoms with Crippen LogP contribution in [0.4, 0.5) is 27.1 Å². The van der Waals surface area contributed by atoms with Gasteiger partial charge in [0, 0.05) is 119 Å². The molecule has 11 N–H and O–H groups in total. The molecule has 11 amide bonds. The average molecular weight is 1400 g/mol. The molecule has 6 aliphatic heterocycles. The van der Waals surface area contributed by atoms with Crippen molar-refractivity contribution in [2.75, 3.05) is 34.4 Å². The molecule has 2 spiro atoms. The highest BCUT2D eigenvalue weighted by molar-refractivity contribution is 6.31. The molecule has 27 heteroatoms. The first-order valence-corrected chi connectivity index (χ1v) is 34.4. The smallest absolute Gasteiger partial charge is 0.303 e. The Morgan fingerprint density at radius 1 is 0.657 bits per heavy atom. The summed E-state index contributed by atoms with van der Waals surface area (Å²) in [5.41, 5.74) is 8.48. The number of unbranched alkanes of at least 4 members (excludes halogenated alkanes) is 4. The number of hydrogen-bond donors (Lipinski definition) is 10. The van der Waals surface area contributed by atoms with Crippen molar-refractivity contribution in [2.45, 2.75) is 177 Å². The molecule has 4 fully saturated rings. The van der Waals surface area contributed by atoms with E-state index < -0.39 is 64.5 Å². The van der Waals surface area contributed by atoms with Gasteiger partial charge in [-0.25, -0.2) is 4.39 Å². The Bertz CT molecular complexity index is 4020. The number of nitrogens with two attached hydrogens (primary N) is 1. The summed E-state index contributed by atoms with van der Waals surface area (Å²) >= 11 is 12.8. The van der Waals surface area contributed by atoms with Crippen molar-refractivity contribution >= 4 is 117 Å². The zero-order valence-corrected chi connectivity index (χ0v) is 56.3. The van der Waals surface area contributed by atoms with Crippen LogP contribution in [0.1, 0.15) is 188 Å². The number of nitrogens with zero attached hydrogens (tertiary/aromatic N) is 2. The minimum atomic E-state index is -1.38. The van der Waals surface area contributed by atoms with E-state index in [2.05, 4.69) is 49.5 Å². The Kier molecular flexibility index (Phi) is 23.4. The Balaban J connectivity index is 0.000000256. The summed E-state index contributed by atoms with van der Waals surface area (Å²) in [6.07, 6.45) is 10.9. The van der Waals surface area contributed by atoms with Crippen molar-refractivity contribution in [3.05, 3.63) is 152 Å². The van der Waals surface area contributed by atoms with E-state index in [0.717, 1.165) is 44.9 Å². The van der Waals surface area contributed by atoms with Crippen LogP contribution in [0.5, 0.6) is 0 Å². The lowest BCUT2D eigenvalue weighted by atomic mass is 9.55. The Morgan fingerprint density at radius 2 is 1.22 bits per heavy atom. The molecule has 1 saturated carbocycles. The molecule has 3 saturated heterocycles. The normalized spacial score (nSPS) is 20.9. The van der Waals surface area contributed by atoms with Crippen molar-refractivity contribution in [2.24, 2.45) is 5.73 Å². The SMILES string of the molecule is CCCCCC(=O)O.NCCCCC(=O)Nc1cccc2c1CN(C1CCC(=O)NC1=O)C2=O.O=C1CCC(N2Cc3c(NC(=O)CCCCNC(=O)c4ccc(NC(=O)[C@@H]5NC6(CCCCC6)[C@@]6(C(=O)Nc7cc(Cl)ccc76)[C@H]5c5cccc(Cl)c5F)cc4)cccc3C2=O)C(=O)N1. The van der Waals surface area contributed by atoms with Crippen LogP contribution in [0.3, 0.4) is 0 Å². The zero-order valence-electron chi connectivity index (χ0n) is 54.8. The fourth-order valence-electron chi connectivity index (χ4n) is 14.6. The zero-order chi connectivity index (χ0) is 70.7. The molecule has 0 radical (unpaired) electrons. The second kappa shape index (κ2) is 32.1. The summed E-state index contributed by atoms with van der Waals surface area (Å²) in [6, 6.07) is 23.9. The predicted molar refractivity (Wildman–Crippen MR) is 367 cm³/mol. The first kappa shape index (κ1) is 72.3. The average Bonchev–Trinajstić information content (AvgIpc) is 1.47. The van der Waals surface area contributed by atoms with Gasteiger partial charge in [-0.15, -0.1) is 0 Å². The molecular formula is C72H80Cl2FN11O13. The van der Waals surface area contributed by atoms with Crippen molar-refractivity contribution in [3.8, 4) is 0 Å². The maximum atomic E-state index is 16.2. The number of carboxylic acid groups (broad SMARTS) is 1. The van der Waals surface area contributed by atoms with Crippen LogP contribution in [0.15, 0.2) is 97.1 Å². The highest BCUT2D eigenvalue weighted by atomic mass is 35.5. The first-order valence-electron chi connectivity index (χ1n) is 33.7. The molecule has 522 valence electrons. The Hall–Kier alpha value is -9.43. The second-order valence-corrected chi connectivity index (χ2v) is 26.6. The topological polar surface area (TPSA) is 354 Å². The molecule has 6 heterocycles. The van der Waals surface area contributed by atoms with E-state index in [4.69, 9.17) is 34.0 Å². The van der Waals surface area contributed by atoms with Crippen LogP contribution in [0, 0.1) is 5.82 Å². The molecular weight excluding hydrogens is 1320 g/mol. The Morgan fingerprint density at radius 3 is 1.78 bits per heavy atom. The second-order valence-electron chi connectivity index (χ2n) is 25.8. The largest absolute Gasteiger partial charge is 0.481 e. The number of aliphatic carboxylic acids is 1. The molecule has 12 rings (SSSR count). The first-order chi connectivity index (χ1) is 47.6. The number of carbonyl (C=O) groups is 12. The third-order valence-electron chi connectivity index (χ3n) is 19.4. The Labute approximate surface area is 581 Å². The van der Waals surface area contributed by atoms with Gasteiger partial charge in [0.1, 0.15) is 23.3 Å². The summed E-state index contributed by atoms with van der Waals surface area (Å²) in [4.78, 5) is 153. The lowest BCUT2D eigenvalue weighted by Crippen LogP contribution is -2.60. The molecule has 0 aromatic heterocycles. The lowest BCUT2D eigenvalue weighted by Gasteiger charge is -2.47. The number of piperidine rings is 2. The van der Waals surface area contributed by atoms with Crippen molar-refractivity contribution in [1.82, 2.24) is 31.1 Å². The summed E-state index contributed by atoms with van der Waals surface area (Å²) in [5, 5.41) is 31.2. The van der Waals surface area contributed by atoms with Gasteiger partial charge in [-0.3, -0.25) is 73.5 Å². The standard InChI is InChI=1S/C48H46Cl2FN7O7.C18H22N4O4.C6H12O2/c49-27-15-18-32-35(24-27)55-46(65)48(32)39(30-9-6-10-33(50)40(30)51)41(57-47(48)21-3-1-4-22-47)44(63)53-28-16-13-26(14-17-28)42(61)52-23-5-2-12-37(59)54-34-11-7-8-29-31(34)25-58(45(29)64)36-19-20-38(60)56-43(36)62;19-9-2-1-6-15(23)20-13-5-3-4-11-12(13)10-22(18(11)26)14-7-8-16(24)21-17(14)25;1-2-3-4-5-6(7)8/h6-11,13-18,24,36,39,41,57H,1-5,12,19-23,25H2,(H,52,61)(H,53,63)(H,54,59)(H,55,65)(H,56,60,62);3-5,14H,1-2,6-10,19H2,(H,20,23)(H,21,24,25);2-5H2,1H3,(H,7,8)/t36?,39-,41+,48+;;/m0../s1. The summed E-state index contributed by atoms with van der Waals surface area (Å²) in [6.45, 7) is 3.26. The number of rotatable bonds is 21. The summed E-state index contributed by atoms with van der Waals surface area (Å²) in [5.74, 6) is -6.17.